The zero-order chi connectivity index (χ0) is 18.2. The average molecular weight is 347 g/mol. The smallest absolute Gasteiger partial charge is 0.274 e. The van der Waals surface area contributed by atoms with Crippen LogP contribution in [0.3, 0.4) is 0 Å². The maximum Gasteiger partial charge on any atom is 0.274 e. The van der Waals surface area contributed by atoms with Gasteiger partial charge >= 0.3 is 0 Å². The van der Waals surface area contributed by atoms with E-state index in [0.717, 1.165) is 5.69 Å². The Labute approximate surface area is 152 Å². The van der Waals surface area contributed by atoms with Gasteiger partial charge in [-0.25, -0.2) is 10.5 Å². The first kappa shape index (κ1) is 17.7. The number of rotatable bonds is 7. The summed E-state index contributed by atoms with van der Waals surface area (Å²) in [5.74, 6) is -0.536. The number of benzene rings is 3. The van der Waals surface area contributed by atoms with Crippen LogP contribution in [0, 0.1) is 0 Å². The zero-order valence-corrected chi connectivity index (χ0v) is 14.3. The largest absolute Gasteiger partial charge is 0.318 e. The Hall–Kier alpha value is -3.15. The second-order valence-corrected chi connectivity index (χ2v) is 5.96. The molecule has 3 aromatic rings. The van der Waals surface area contributed by atoms with E-state index in [1.807, 2.05) is 42.5 Å². The van der Waals surface area contributed by atoms with Crippen LogP contribution in [0.5, 0.6) is 0 Å². The Balaban J connectivity index is 1.80. The number of hydrazine groups is 1. The first-order chi connectivity index (χ1) is 12.7. The minimum atomic E-state index is -0.536. The van der Waals surface area contributed by atoms with Crippen molar-refractivity contribution in [3.8, 4) is 0 Å². The molecule has 0 aliphatic carbocycles. The fourth-order valence-corrected chi connectivity index (χ4v) is 2.72. The van der Waals surface area contributed by atoms with Gasteiger partial charge in [0, 0.05) is 24.3 Å². The molecule has 0 heterocycles. The van der Waals surface area contributed by atoms with Gasteiger partial charge in [-0.2, -0.15) is 0 Å². The van der Waals surface area contributed by atoms with Crippen LogP contribution in [0.4, 0.5) is 5.69 Å². The van der Waals surface area contributed by atoms with Crippen molar-refractivity contribution in [3.63, 3.8) is 0 Å². The number of anilines is 1. The molecule has 0 aliphatic rings. The minimum absolute atomic E-state index is 0.386. The van der Waals surface area contributed by atoms with E-state index < -0.39 is 5.91 Å². The summed E-state index contributed by atoms with van der Waals surface area (Å²) in [4.78, 5) is 11.6. The topological polar surface area (TPSA) is 64.6 Å². The van der Waals surface area contributed by atoms with Crippen LogP contribution in [0.15, 0.2) is 84.9 Å². The summed E-state index contributed by atoms with van der Waals surface area (Å²) in [6, 6.07) is 27.4. The van der Waals surface area contributed by atoms with Gasteiger partial charge in [0.1, 0.15) is 0 Å². The maximum absolute atomic E-state index is 11.6. The molecular weight excluding hydrogens is 326 g/mol. The van der Waals surface area contributed by atoms with Crippen molar-refractivity contribution < 1.29 is 10.0 Å². The van der Waals surface area contributed by atoms with Gasteiger partial charge in [0.15, 0.2) is 0 Å². The summed E-state index contributed by atoms with van der Waals surface area (Å²) < 4.78 is 0. The summed E-state index contributed by atoms with van der Waals surface area (Å²) in [6.07, 6.45) is 0. The van der Waals surface area contributed by atoms with Gasteiger partial charge in [0.05, 0.1) is 0 Å². The number of nitrogens with zero attached hydrogens (tertiary/aromatic N) is 1. The highest BCUT2D eigenvalue weighted by atomic mass is 16.5. The van der Waals surface area contributed by atoms with E-state index >= 15 is 0 Å². The lowest BCUT2D eigenvalue weighted by atomic mass is 10.2. The predicted octanol–water partition coefficient (Wildman–Crippen LogP) is 3.83. The van der Waals surface area contributed by atoms with Crippen molar-refractivity contribution in [2.45, 2.75) is 13.1 Å². The quantitative estimate of drug-likeness (QED) is 0.449. The Morgan fingerprint density at radius 2 is 1.38 bits per heavy atom. The molecule has 0 saturated heterocycles. The Morgan fingerprint density at radius 3 is 1.92 bits per heavy atom. The fourth-order valence-electron chi connectivity index (χ4n) is 2.72. The van der Waals surface area contributed by atoms with Gasteiger partial charge in [-0.1, -0.05) is 66.7 Å². The third kappa shape index (κ3) is 4.92. The van der Waals surface area contributed by atoms with E-state index in [9.17, 15) is 4.79 Å². The second-order valence-electron chi connectivity index (χ2n) is 5.96. The third-order valence-corrected chi connectivity index (χ3v) is 3.95. The van der Waals surface area contributed by atoms with Crippen molar-refractivity contribution in [3.05, 3.63) is 102 Å². The highest BCUT2D eigenvalue weighted by Crippen LogP contribution is 2.15. The maximum atomic E-state index is 11.6. The van der Waals surface area contributed by atoms with Crippen LogP contribution in [0.2, 0.25) is 0 Å². The normalized spacial score (nSPS) is 10.5. The number of hydrogen-bond acceptors (Lipinski definition) is 4. The Morgan fingerprint density at radius 1 is 0.808 bits per heavy atom. The van der Waals surface area contributed by atoms with Crippen LogP contribution < -0.4 is 10.9 Å². The number of carbonyl (C=O) groups is 1. The molecule has 0 aromatic heterocycles. The molecule has 3 aromatic carbocycles. The van der Waals surface area contributed by atoms with Crippen LogP contribution >= 0.6 is 0 Å². The average Bonchev–Trinajstić information content (AvgIpc) is 2.69. The standard InChI is InChI=1S/C21H21N3O2/c25-21(23-26)19-12-7-13-20(14-19)22-24(15-17-8-3-1-4-9-17)16-18-10-5-2-6-11-18/h1-14,22,26H,15-16H2,(H,23,25). The Kier molecular flexibility index (Phi) is 5.98. The zero-order valence-electron chi connectivity index (χ0n) is 14.3. The number of hydroxylamine groups is 1. The molecule has 26 heavy (non-hydrogen) atoms. The lowest BCUT2D eigenvalue weighted by Crippen LogP contribution is -2.29. The number of amides is 1. The van der Waals surface area contributed by atoms with Gasteiger partial charge in [-0.05, 0) is 29.3 Å². The summed E-state index contributed by atoms with van der Waals surface area (Å²) in [6.45, 7) is 1.40. The molecular formula is C21H21N3O2. The van der Waals surface area contributed by atoms with E-state index in [2.05, 4.69) is 34.7 Å². The minimum Gasteiger partial charge on any atom is -0.318 e. The molecule has 0 unspecified atom stereocenters. The molecule has 0 radical (unpaired) electrons. The van der Waals surface area contributed by atoms with Gasteiger partial charge in [0.2, 0.25) is 0 Å². The lowest BCUT2D eigenvalue weighted by Gasteiger charge is -2.25. The molecule has 0 atom stereocenters. The number of carbonyl (C=O) groups excluding carboxylic acids is 1. The Bertz CT molecular complexity index is 797. The van der Waals surface area contributed by atoms with Crippen LogP contribution in [0.1, 0.15) is 21.5 Å². The van der Waals surface area contributed by atoms with Gasteiger partial charge in [-0.3, -0.25) is 10.0 Å². The molecule has 0 bridgehead atoms. The molecule has 132 valence electrons. The van der Waals surface area contributed by atoms with Crippen LogP contribution in [0.25, 0.3) is 0 Å². The fraction of sp³-hybridized carbons (Fsp3) is 0.0952. The highest BCUT2D eigenvalue weighted by molar-refractivity contribution is 5.94. The molecule has 3 rings (SSSR count). The molecule has 0 aliphatic heterocycles. The van der Waals surface area contributed by atoms with Gasteiger partial charge < -0.3 is 5.43 Å². The summed E-state index contributed by atoms with van der Waals surface area (Å²) >= 11 is 0. The van der Waals surface area contributed by atoms with Gasteiger partial charge in [-0.15, -0.1) is 0 Å². The lowest BCUT2D eigenvalue weighted by molar-refractivity contribution is 0.0706. The van der Waals surface area contributed by atoms with Crippen molar-refractivity contribution in [1.82, 2.24) is 10.5 Å². The molecule has 0 saturated carbocycles. The molecule has 0 fully saturated rings. The molecule has 1 amide bonds. The monoisotopic (exact) mass is 347 g/mol. The summed E-state index contributed by atoms with van der Waals surface area (Å²) in [7, 11) is 0. The molecule has 5 heteroatoms. The number of nitrogens with one attached hydrogen (secondary N) is 2. The summed E-state index contributed by atoms with van der Waals surface area (Å²) in [5, 5.41) is 10.9. The summed E-state index contributed by atoms with van der Waals surface area (Å²) in [5.41, 5.74) is 8.55. The van der Waals surface area contributed by atoms with Gasteiger partial charge in [0.25, 0.3) is 5.91 Å². The SMILES string of the molecule is O=C(NO)c1cccc(NN(Cc2ccccc2)Cc2ccccc2)c1. The van der Waals surface area contributed by atoms with Crippen molar-refractivity contribution in [1.29, 1.82) is 0 Å². The van der Waals surface area contributed by atoms with Crippen LogP contribution in [-0.4, -0.2) is 16.1 Å². The van der Waals surface area contributed by atoms with E-state index in [-0.39, 0.29) is 0 Å². The predicted molar refractivity (Wildman–Crippen MR) is 101 cm³/mol. The molecule has 5 nitrogen and oxygen atoms in total. The van der Waals surface area contributed by atoms with Crippen molar-refractivity contribution in [2.75, 3.05) is 5.43 Å². The first-order valence-electron chi connectivity index (χ1n) is 8.38. The van der Waals surface area contributed by atoms with E-state index in [1.165, 1.54) is 11.1 Å². The van der Waals surface area contributed by atoms with Crippen LogP contribution in [-0.2, 0) is 13.1 Å². The van der Waals surface area contributed by atoms with Crippen molar-refractivity contribution >= 4 is 11.6 Å². The highest BCUT2D eigenvalue weighted by Gasteiger charge is 2.10. The van der Waals surface area contributed by atoms with E-state index in [1.54, 1.807) is 23.7 Å². The van der Waals surface area contributed by atoms with E-state index in [0.29, 0.717) is 18.7 Å². The van der Waals surface area contributed by atoms with Crippen molar-refractivity contribution in [2.24, 2.45) is 0 Å². The second kappa shape index (κ2) is 8.80. The molecule has 3 N–H and O–H groups in total. The molecule has 0 spiro atoms. The first-order valence-corrected chi connectivity index (χ1v) is 8.38. The number of hydrogen-bond donors (Lipinski definition) is 3. The van der Waals surface area contributed by atoms with E-state index in [4.69, 9.17) is 5.21 Å². The third-order valence-electron chi connectivity index (χ3n) is 3.95.